The van der Waals surface area contributed by atoms with E-state index in [0.717, 1.165) is 62.8 Å². The molecule has 0 aromatic heterocycles. The number of benzene rings is 2. The number of halogens is 1. The molecule has 0 radical (unpaired) electrons. The third kappa shape index (κ3) is 7.22. The summed E-state index contributed by atoms with van der Waals surface area (Å²) in [6.45, 7) is 22.7. The molecule has 1 saturated heterocycles. The highest BCUT2D eigenvalue weighted by Gasteiger charge is 2.39. The lowest BCUT2D eigenvalue weighted by Crippen LogP contribution is -2.60. The topological polar surface area (TPSA) is 45.2 Å². The highest BCUT2D eigenvalue weighted by molar-refractivity contribution is 6.74. The van der Waals surface area contributed by atoms with Crippen LogP contribution in [-0.4, -0.2) is 78.2 Å². The lowest BCUT2D eigenvalue weighted by Gasteiger charge is -2.50. The molecule has 1 atom stereocenters. The largest absolute Gasteiger partial charge is 0.465 e. The van der Waals surface area contributed by atoms with Crippen molar-refractivity contribution in [2.45, 2.75) is 78.1 Å². The highest BCUT2D eigenvalue weighted by Crippen LogP contribution is 2.44. The Balaban J connectivity index is 1.38. The number of ether oxygens (including phenoxy) is 1. The molecule has 2 aliphatic heterocycles. The number of anilines is 2. The Hall–Kier alpha value is -2.32. The lowest BCUT2D eigenvalue weighted by molar-refractivity contribution is 0.0600. The summed E-state index contributed by atoms with van der Waals surface area (Å²) < 4.78 is 11.7. The van der Waals surface area contributed by atoms with Crippen molar-refractivity contribution in [3.63, 3.8) is 0 Å². The molecule has 8 heteroatoms. The molecule has 2 heterocycles. The van der Waals surface area contributed by atoms with Crippen LogP contribution in [-0.2, 0) is 9.16 Å². The maximum atomic E-state index is 12.5. The molecule has 0 bridgehead atoms. The van der Waals surface area contributed by atoms with Crippen molar-refractivity contribution in [1.82, 2.24) is 4.90 Å². The van der Waals surface area contributed by atoms with E-state index in [9.17, 15) is 4.79 Å². The predicted molar refractivity (Wildman–Crippen MR) is 187 cm³/mol. The predicted octanol–water partition coefficient (Wildman–Crippen LogP) is 8.12. The second-order valence-corrected chi connectivity index (χ2v) is 20.5. The number of carbonyl (C=O) groups excluding carboxylic acids is 1. The van der Waals surface area contributed by atoms with Crippen molar-refractivity contribution < 1.29 is 14.0 Å². The van der Waals surface area contributed by atoms with Gasteiger partial charge in [0.2, 0.25) is 0 Å². The van der Waals surface area contributed by atoms with E-state index >= 15 is 0 Å². The van der Waals surface area contributed by atoms with Gasteiger partial charge in [-0.15, -0.1) is 0 Å². The second kappa shape index (κ2) is 12.8. The SMILES string of the molecule is COC(=O)c1ccc2c(c1)N(CCO[Si](C)(C)C(C)(C)C)C[C@@H]1CN(CC3=C(c4ccc(Cl)cc4)CCC(C)(C)C3)CCN21. The minimum absolute atomic E-state index is 0.165. The van der Waals surface area contributed by atoms with Gasteiger partial charge in [-0.25, -0.2) is 4.79 Å². The van der Waals surface area contributed by atoms with Crippen LogP contribution in [0.5, 0.6) is 0 Å². The van der Waals surface area contributed by atoms with Gasteiger partial charge in [0.1, 0.15) is 0 Å². The van der Waals surface area contributed by atoms with E-state index < -0.39 is 8.32 Å². The van der Waals surface area contributed by atoms with Gasteiger partial charge in [-0.05, 0) is 84.3 Å². The molecule has 6 nitrogen and oxygen atoms in total. The molecule has 0 amide bonds. The van der Waals surface area contributed by atoms with E-state index in [1.54, 1.807) is 5.57 Å². The third-order valence-electron chi connectivity index (χ3n) is 10.5. The number of esters is 1. The number of nitrogens with zero attached hydrogens (tertiary/aromatic N) is 3. The van der Waals surface area contributed by atoms with Gasteiger partial charge >= 0.3 is 5.97 Å². The van der Waals surface area contributed by atoms with Gasteiger partial charge in [-0.3, -0.25) is 4.90 Å². The van der Waals surface area contributed by atoms with Crippen LogP contribution >= 0.6 is 11.6 Å². The van der Waals surface area contributed by atoms with E-state index in [2.05, 4.69) is 80.6 Å². The fourth-order valence-electron chi connectivity index (χ4n) is 6.83. The van der Waals surface area contributed by atoms with Crippen LogP contribution in [0.15, 0.2) is 48.0 Å². The molecule has 0 spiro atoms. The van der Waals surface area contributed by atoms with E-state index in [0.29, 0.717) is 23.6 Å². The Morgan fingerprint density at radius 1 is 1.05 bits per heavy atom. The quantitative estimate of drug-likeness (QED) is 0.215. The number of fused-ring (bicyclic) bond motifs is 3. The third-order valence-corrected chi connectivity index (χ3v) is 15.2. The molecular formula is C36H52ClN3O3Si. The number of methoxy groups -OCH3 is 1. The number of rotatable bonds is 8. The number of hydrogen-bond donors (Lipinski definition) is 0. The molecule has 3 aliphatic rings. The van der Waals surface area contributed by atoms with E-state index in [-0.39, 0.29) is 11.0 Å². The van der Waals surface area contributed by atoms with Gasteiger partial charge in [0.15, 0.2) is 8.32 Å². The average Bonchev–Trinajstić information content (AvgIpc) is 2.96. The molecule has 240 valence electrons. The van der Waals surface area contributed by atoms with Gasteiger partial charge < -0.3 is 19.0 Å². The van der Waals surface area contributed by atoms with Gasteiger partial charge in [-0.2, -0.15) is 0 Å². The molecule has 1 fully saturated rings. The maximum absolute atomic E-state index is 12.5. The monoisotopic (exact) mass is 637 g/mol. The summed E-state index contributed by atoms with van der Waals surface area (Å²) in [5, 5.41) is 0.956. The van der Waals surface area contributed by atoms with Gasteiger partial charge in [0, 0.05) is 44.3 Å². The Morgan fingerprint density at radius 2 is 1.77 bits per heavy atom. The summed E-state index contributed by atoms with van der Waals surface area (Å²) >= 11 is 6.24. The number of hydrogen-bond acceptors (Lipinski definition) is 6. The molecule has 0 saturated carbocycles. The van der Waals surface area contributed by atoms with Crippen LogP contribution in [0.25, 0.3) is 5.57 Å². The van der Waals surface area contributed by atoms with E-state index in [1.807, 2.05) is 24.3 Å². The zero-order valence-corrected chi connectivity index (χ0v) is 29.9. The first-order chi connectivity index (χ1) is 20.7. The first-order valence-electron chi connectivity index (χ1n) is 16.2. The average molecular weight is 638 g/mol. The fourth-order valence-corrected chi connectivity index (χ4v) is 7.99. The molecule has 2 aromatic carbocycles. The van der Waals surface area contributed by atoms with E-state index in [4.69, 9.17) is 20.8 Å². The van der Waals surface area contributed by atoms with Crippen molar-refractivity contribution in [3.8, 4) is 0 Å². The molecule has 0 N–H and O–H groups in total. The molecule has 0 unspecified atom stereocenters. The summed E-state index contributed by atoms with van der Waals surface area (Å²) in [6.07, 6.45) is 3.46. The Morgan fingerprint density at radius 3 is 2.45 bits per heavy atom. The standard InChI is InChI=1S/C36H52ClN3O3Si/c1-35(2,3)44(7,8)43-20-19-39-25-30-24-38(17-18-40(30)32-14-11-27(21-33(32)39)34(41)42-6)23-28-22-36(4,5)16-15-31(28)26-9-12-29(37)13-10-26/h9-14,21,30H,15-20,22-25H2,1-8H3/t30-/m0/s1. The normalized spacial score (nSPS) is 20.8. The zero-order valence-electron chi connectivity index (χ0n) is 28.1. The summed E-state index contributed by atoms with van der Waals surface area (Å²) in [6, 6.07) is 14.8. The van der Waals surface area contributed by atoms with Gasteiger partial charge in [0.25, 0.3) is 0 Å². The van der Waals surface area contributed by atoms with Gasteiger partial charge in [-0.1, -0.05) is 63.9 Å². The fraction of sp³-hybridized carbons (Fsp3) is 0.583. The summed E-state index contributed by atoms with van der Waals surface area (Å²) in [7, 11) is -0.420. The van der Waals surface area contributed by atoms with Gasteiger partial charge in [0.05, 0.1) is 36.7 Å². The number of piperazine rings is 1. The van der Waals surface area contributed by atoms with Crippen LogP contribution in [0.2, 0.25) is 23.2 Å². The summed E-state index contributed by atoms with van der Waals surface area (Å²) in [5.41, 5.74) is 7.64. The van der Waals surface area contributed by atoms with Crippen molar-refractivity contribution in [2.24, 2.45) is 5.41 Å². The molecule has 1 aliphatic carbocycles. The first kappa shape index (κ1) is 33.1. The van der Waals surface area contributed by atoms with Crippen LogP contribution in [0.1, 0.15) is 69.8 Å². The number of carbonyl (C=O) groups is 1. The lowest BCUT2D eigenvalue weighted by atomic mass is 9.72. The van der Waals surface area contributed by atoms with E-state index in [1.165, 1.54) is 30.4 Å². The Bertz CT molecular complexity index is 1380. The Labute approximate surface area is 271 Å². The van der Waals surface area contributed by atoms with Crippen molar-refractivity contribution in [2.75, 3.05) is 62.8 Å². The summed E-state index contributed by atoms with van der Waals surface area (Å²) in [4.78, 5) is 20.2. The summed E-state index contributed by atoms with van der Waals surface area (Å²) in [5.74, 6) is -0.294. The highest BCUT2D eigenvalue weighted by atomic mass is 35.5. The van der Waals surface area contributed by atoms with Crippen LogP contribution < -0.4 is 9.80 Å². The van der Waals surface area contributed by atoms with Crippen LogP contribution in [0, 0.1) is 5.41 Å². The molecule has 2 aromatic rings. The maximum Gasteiger partial charge on any atom is 0.337 e. The second-order valence-electron chi connectivity index (χ2n) is 15.3. The first-order valence-corrected chi connectivity index (χ1v) is 19.5. The molecule has 44 heavy (non-hydrogen) atoms. The van der Waals surface area contributed by atoms with Crippen molar-refractivity contribution in [1.29, 1.82) is 0 Å². The van der Waals surface area contributed by atoms with Crippen LogP contribution in [0.4, 0.5) is 11.4 Å². The van der Waals surface area contributed by atoms with Crippen molar-refractivity contribution in [3.05, 3.63) is 64.2 Å². The molecular weight excluding hydrogens is 586 g/mol. The smallest absolute Gasteiger partial charge is 0.337 e. The van der Waals surface area contributed by atoms with Crippen LogP contribution in [0.3, 0.4) is 0 Å². The number of allylic oxidation sites excluding steroid dienone is 1. The Kier molecular flexibility index (Phi) is 9.63. The molecule has 5 rings (SSSR count). The van der Waals surface area contributed by atoms with Crippen molar-refractivity contribution >= 4 is 42.8 Å². The minimum atomic E-state index is -1.87. The zero-order chi connectivity index (χ0) is 31.9. The minimum Gasteiger partial charge on any atom is -0.465 e.